The molecule has 8 aromatic carbocycles. The number of hydrogen-bond acceptors (Lipinski definition) is 4. The minimum absolute atomic E-state index is 0.562. The number of hydrogen-bond donors (Lipinski definition) is 0. The maximum Gasteiger partial charge on any atom is 0.167 e. The minimum Gasteiger partial charge on any atom is -0.453 e. The molecule has 0 saturated heterocycles. The molecule has 5 heteroatoms. The van der Waals surface area contributed by atoms with Crippen molar-refractivity contribution in [3.05, 3.63) is 170 Å². The van der Waals surface area contributed by atoms with Gasteiger partial charge in [0.25, 0.3) is 0 Å². The second kappa shape index (κ2) is 11.2. The van der Waals surface area contributed by atoms with Crippen molar-refractivity contribution in [3.8, 4) is 39.9 Å². The first kappa shape index (κ1) is 28.7. The molecular formula is C47H28N4O. The SMILES string of the molecule is c1ccc(-c2nc(-c3ccccc3)nc(-c3cccc4c3oc3c(-n5c6ccccc6c6cc7ccccc7cc65)c5ccccc5cc34)n2)cc1. The van der Waals surface area contributed by atoms with E-state index in [2.05, 4.69) is 114 Å². The lowest BCUT2D eigenvalue weighted by atomic mass is 10.0. The summed E-state index contributed by atoms with van der Waals surface area (Å²) in [5, 5.41) is 9.13. The molecule has 52 heavy (non-hydrogen) atoms. The van der Waals surface area contributed by atoms with Gasteiger partial charge in [0.1, 0.15) is 5.58 Å². The number of rotatable bonds is 4. The topological polar surface area (TPSA) is 56.7 Å². The van der Waals surface area contributed by atoms with Gasteiger partial charge in [0.15, 0.2) is 23.1 Å². The Morgan fingerprint density at radius 3 is 1.65 bits per heavy atom. The third-order valence-corrected chi connectivity index (χ3v) is 10.2. The molecule has 11 aromatic rings. The molecular weight excluding hydrogens is 637 g/mol. The molecule has 0 saturated carbocycles. The second-order valence-electron chi connectivity index (χ2n) is 13.2. The molecule has 11 rings (SSSR count). The highest BCUT2D eigenvalue weighted by atomic mass is 16.3. The predicted octanol–water partition coefficient (Wildman–Crippen LogP) is 12.2. The standard InChI is InChI=1S/C47H28N4O/c1-3-14-29(15-4-1)45-48-46(30-16-5-2-6-17-30)50-47(49-45)37-24-13-23-36-39-27-33-20-9-10-21-34(33)42(44(39)52-43(36)37)51-40-25-12-11-22-35(40)38-26-31-18-7-8-19-32(31)28-41(38)51/h1-28H. The van der Waals surface area contributed by atoms with Gasteiger partial charge in [0.2, 0.25) is 0 Å². The predicted molar refractivity (Wildman–Crippen MR) is 213 cm³/mol. The Morgan fingerprint density at radius 2 is 0.923 bits per heavy atom. The van der Waals surface area contributed by atoms with Crippen molar-refractivity contribution in [3.63, 3.8) is 0 Å². The molecule has 0 bridgehead atoms. The van der Waals surface area contributed by atoms with Crippen LogP contribution in [0, 0.1) is 0 Å². The van der Waals surface area contributed by atoms with E-state index in [0.29, 0.717) is 17.5 Å². The zero-order chi connectivity index (χ0) is 34.2. The van der Waals surface area contributed by atoms with Crippen LogP contribution in [0.5, 0.6) is 0 Å². The van der Waals surface area contributed by atoms with Gasteiger partial charge in [-0.2, -0.15) is 0 Å². The summed E-state index contributed by atoms with van der Waals surface area (Å²) < 4.78 is 9.55. The van der Waals surface area contributed by atoms with Crippen molar-refractivity contribution < 1.29 is 4.42 Å². The van der Waals surface area contributed by atoms with Crippen LogP contribution in [-0.2, 0) is 0 Å². The van der Waals surface area contributed by atoms with Crippen molar-refractivity contribution in [2.24, 2.45) is 0 Å². The van der Waals surface area contributed by atoms with E-state index in [-0.39, 0.29) is 0 Å². The molecule has 0 radical (unpaired) electrons. The van der Waals surface area contributed by atoms with Gasteiger partial charge in [-0.1, -0.05) is 140 Å². The molecule has 3 aromatic heterocycles. The van der Waals surface area contributed by atoms with E-state index in [9.17, 15) is 0 Å². The lowest BCUT2D eigenvalue weighted by molar-refractivity contribution is 0.667. The van der Waals surface area contributed by atoms with Crippen molar-refractivity contribution in [1.29, 1.82) is 0 Å². The van der Waals surface area contributed by atoms with E-state index < -0.39 is 0 Å². The Kier molecular flexibility index (Phi) is 6.18. The number of fused-ring (bicyclic) bond motifs is 8. The molecule has 242 valence electrons. The summed E-state index contributed by atoms with van der Waals surface area (Å²) in [4.78, 5) is 15.1. The zero-order valence-electron chi connectivity index (χ0n) is 27.9. The highest BCUT2D eigenvalue weighted by Crippen LogP contribution is 2.44. The molecule has 0 amide bonds. The van der Waals surface area contributed by atoms with E-state index in [4.69, 9.17) is 19.4 Å². The molecule has 0 atom stereocenters. The normalized spacial score (nSPS) is 11.8. The molecule has 0 unspecified atom stereocenters. The maximum absolute atomic E-state index is 7.16. The van der Waals surface area contributed by atoms with Crippen LogP contribution in [0.2, 0.25) is 0 Å². The van der Waals surface area contributed by atoms with Gasteiger partial charge in [0, 0.05) is 38.1 Å². The summed E-state index contributed by atoms with van der Waals surface area (Å²) in [5.74, 6) is 1.79. The third kappa shape index (κ3) is 4.33. The molecule has 0 aliphatic heterocycles. The number of para-hydroxylation sites is 2. The average Bonchev–Trinajstić information content (AvgIpc) is 3.74. The Hall–Kier alpha value is -7.11. The number of aromatic nitrogens is 4. The van der Waals surface area contributed by atoms with Crippen LogP contribution in [-0.4, -0.2) is 19.5 Å². The van der Waals surface area contributed by atoms with E-state index in [1.165, 1.54) is 21.5 Å². The Morgan fingerprint density at radius 1 is 0.365 bits per heavy atom. The molecule has 3 heterocycles. The van der Waals surface area contributed by atoms with Crippen LogP contribution in [0.3, 0.4) is 0 Å². The highest BCUT2D eigenvalue weighted by Gasteiger charge is 2.23. The van der Waals surface area contributed by atoms with Crippen molar-refractivity contribution >= 4 is 65.3 Å². The summed E-state index contributed by atoms with van der Waals surface area (Å²) in [6.07, 6.45) is 0. The van der Waals surface area contributed by atoms with Crippen LogP contribution in [0.1, 0.15) is 0 Å². The lowest BCUT2D eigenvalue weighted by Crippen LogP contribution is -2.00. The third-order valence-electron chi connectivity index (χ3n) is 10.2. The van der Waals surface area contributed by atoms with Crippen LogP contribution in [0.4, 0.5) is 0 Å². The van der Waals surface area contributed by atoms with Gasteiger partial charge in [-0.3, -0.25) is 0 Å². The largest absolute Gasteiger partial charge is 0.453 e. The molecule has 0 aliphatic rings. The Balaban J connectivity index is 1.24. The Labute approximate surface area is 298 Å². The second-order valence-corrected chi connectivity index (χ2v) is 13.2. The summed E-state index contributed by atoms with van der Waals surface area (Å²) in [7, 11) is 0. The molecule has 0 N–H and O–H groups in total. The average molecular weight is 665 g/mol. The van der Waals surface area contributed by atoms with E-state index in [1.54, 1.807) is 0 Å². The lowest BCUT2D eigenvalue weighted by Gasteiger charge is -2.13. The van der Waals surface area contributed by atoms with Crippen LogP contribution in [0.15, 0.2) is 174 Å². The molecule has 0 fully saturated rings. The van der Waals surface area contributed by atoms with Crippen molar-refractivity contribution in [2.45, 2.75) is 0 Å². The smallest absolute Gasteiger partial charge is 0.167 e. The first-order valence-electron chi connectivity index (χ1n) is 17.5. The van der Waals surface area contributed by atoms with E-state index >= 15 is 0 Å². The summed E-state index contributed by atoms with van der Waals surface area (Å²) >= 11 is 0. The molecule has 0 aliphatic carbocycles. The number of furan rings is 1. The van der Waals surface area contributed by atoms with Crippen molar-refractivity contribution in [2.75, 3.05) is 0 Å². The maximum atomic E-state index is 7.16. The minimum atomic E-state index is 0.562. The van der Waals surface area contributed by atoms with E-state index in [1.807, 2.05) is 60.7 Å². The first-order valence-corrected chi connectivity index (χ1v) is 17.5. The van der Waals surface area contributed by atoms with E-state index in [0.717, 1.165) is 66.1 Å². The summed E-state index contributed by atoms with van der Waals surface area (Å²) in [6.45, 7) is 0. The van der Waals surface area contributed by atoms with Gasteiger partial charge >= 0.3 is 0 Å². The molecule has 0 spiro atoms. The fraction of sp³-hybridized carbons (Fsp3) is 0. The summed E-state index contributed by atoms with van der Waals surface area (Å²) in [5.41, 5.74) is 7.50. The zero-order valence-corrected chi connectivity index (χ0v) is 27.9. The quantitative estimate of drug-likeness (QED) is 0.188. The van der Waals surface area contributed by atoms with Gasteiger partial charge < -0.3 is 8.98 Å². The number of benzene rings is 8. The van der Waals surface area contributed by atoms with Gasteiger partial charge in [-0.15, -0.1) is 0 Å². The van der Waals surface area contributed by atoms with Gasteiger partial charge in [0.05, 0.1) is 22.3 Å². The van der Waals surface area contributed by atoms with Gasteiger partial charge in [-0.05, 0) is 46.5 Å². The van der Waals surface area contributed by atoms with Crippen molar-refractivity contribution in [1.82, 2.24) is 19.5 Å². The molecule has 5 nitrogen and oxygen atoms in total. The van der Waals surface area contributed by atoms with Crippen LogP contribution >= 0.6 is 0 Å². The van der Waals surface area contributed by atoms with Gasteiger partial charge in [-0.25, -0.2) is 15.0 Å². The first-order chi connectivity index (χ1) is 25.8. The number of nitrogens with zero attached hydrogens (tertiary/aromatic N) is 4. The highest BCUT2D eigenvalue weighted by molar-refractivity contribution is 6.20. The summed E-state index contributed by atoms with van der Waals surface area (Å²) in [6, 6.07) is 59.1. The van der Waals surface area contributed by atoms with Crippen LogP contribution in [0.25, 0.3) is 105 Å². The fourth-order valence-corrected chi connectivity index (χ4v) is 7.80. The Bertz CT molecular complexity index is 3120. The van der Waals surface area contributed by atoms with Crippen LogP contribution < -0.4 is 0 Å². The fourth-order valence-electron chi connectivity index (χ4n) is 7.80. The monoisotopic (exact) mass is 664 g/mol.